The number of methoxy groups -OCH3 is 1. The summed E-state index contributed by atoms with van der Waals surface area (Å²) in [6.45, 7) is 3.03. The van der Waals surface area contributed by atoms with Crippen LogP contribution in [0.3, 0.4) is 0 Å². The number of nitrogens with two attached hydrogens (primary N) is 1. The molecular weight excluding hydrogens is 304 g/mol. The van der Waals surface area contributed by atoms with E-state index in [0.717, 1.165) is 36.3 Å². The molecule has 0 spiro atoms. The Hall–Kier alpha value is -1.30. The maximum absolute atomic E-state index is 12.2. The Morgan fingerprint density at radius 3 is 2.73 bits per heavy atom. The van der Waals surface area contributed by atoms with Crippen LogP contribution in [0.1, 0.15) is 24.8 Å². The Labute approximate surface area is 138 Å². The van der Waals surface area contributed by atoms with Crippen molar-refractivity contribution in [2.75, 3.05) is 25.6 Å². The van der Waals surface area contributed by atoms with Crippen molar-refractivity contribution in [3.05, 3.63) is 23.8 Å². The summed E-state index contributed by atoms with van der Waals surface area (Å²) < 4.78 is 10.5. The van der Waals surface area contributed by atoms with Gasteiger partial charge in [-0.05, 0) is 49.9 Å². The fourth-order valence-electron chi connectivity index (χ4n) is 2.60. The Morgan fingerprint density at radius 2 is 2.14 bits per heavy atom. The summed E-state index contributed by atoms with van der Waals surface area (Å²) in [4.78, 5) is 12.2. The zero-order valence-electron chi connectivity index (χ0n) is 13.1. The highest BCUT2D eigenvalue weighted by Gasteiger charge is 2.27. The number of rotatable bonds is 6. The standard InChI is InChI=1S/C16H24N2O3.ClH/c1-11-9-14(21-8-7-20-2)5-6-15(11)18-16(19)12-3-4-13(17)10-12;/h5-6,9,12-13H,3-4,7-8,10,17H2,1-2H3,(H,18,19);1H. The van der Waals surface area contributed by atoms with Crippen molar-refractivity contribution in [3.8, 4) is 5.75 Å². The van der Waals surface area contributed by atoms with Gasteiger partial charge in [0.2, 0.25) is 5.91 Å². The van der Waals surface area contributed by atoms with E-state index in [1.165, 1.54) is 0 Å². The molecule has 1 saturated carbocycles. The first-order chi connectivity index (χ1) is 10.1. The van der Waals surface area contributed by atoms with Crippen LogP contribution in [0.15, 0.2) is 18.2 Å². The highest BCUT2D eigenvalue weighted by atomic mass is 35.5. The van der Waals surface area contributed by atoms with Crippen LogP contribution in [0, 0.1) is 12.8 Å². The molecule has 1 aromatic carbocycles. The van der Waals surface area contributed by atoms with E-state index in [-0.39, 0.29) is 30.3 Å². The fraction of sp³-hybridized carbons (Fsp3) is 0.562. The number of hydrogen-bond acceptors (Lipinski definition) is 4. The Bertz CT molecular complexity index is 496. The van der Waals surface area contributed by atoms with Crippen molar-refractivity contribution in [2.45, 2.75) is 32.2 Å². The van der Waals surface area contributed by atoms with Crippen molar-refractivity contribution in [1.29, 1.82) is 0 Å². The molecule has 1 aliphatic rings. The zero-order chi connectivity index (χ0) is 15.2. The Balaban J connectivity index is 0.00000242. The first-order valence-electron chi connectivity index (χ1n) is 7.39. The first-order valence-corrected chi connectivity index (χ1v) is 7.39. The molecule has 2 rings (SSSR count). The molecule has 1 amide bonds. The van der Waals surface area contributed by atoms with Crippen LogP contribution in [0.5, 0.6) is 5.75 Å². The predicted molar refractivity (Wildman–Crippen MR) is 89.7 cm³/mol. The number of aryl methyl sites for hydroxylation is 1. The van der Waals surface area contributed by atoms with Gasteiger partial charge in [0.25, 0.3) is 0 Å². The number of nitrogens with one attached hydrogen (secondary N) is 1. The zero-order valence-corrected chi connectivity index (χ0v) is 13.9. The molecule has 1 aliphatic carbocycles. The lowest BCUT2D eigenvalue weighted by atomic mass is 10.1. The van der Waals surface area contributed by atoms with Crippen LogP contribution in [-0.2, 0) is 9.53 Å². The molecule has 124 valence electrons. The highest BCUT2D eigenvalue weighted by Crippen LogP contribution is 2.27. The molecule has 0 saturated heterocycles. The second-order valence-electron chi connectivity index (χ2n) is 5.58. The third-order valence-electron chi connectivity index (χ3n) is 3.86. The van der Waals surface area contributed by atoms with Gasteiger partial charge in [-0.25, -0.2) is 0 Å². The predicted octanol–water partition coefficient (Wildman–Crippen LogP) is 2.51. The lowest BCUT2D eigenvalue weighted by Crippen LogP contribution is -2.23. The third-order valence-corrected chi connectivity index (χ3v) is 3.86. The topological polar surface area (TPSA) is 73.6 Å². The van der Waals surface area contributed by atoms with Gasteiger partial charge in [-0.1, -0.05) is 0 Å². The number of anilines is 1. The second kappa shape index (κ2) is 8.98. The number of halogens is 1. The van der Waals surface area contributed by atoms with Crippen LogP contribution in [-0.4, -0.2) is 32.3 Å². The van der Waals surface area contributed by atoms with Gasteiger partial charge in [0.1, 0.15) is 12.4 Å². The van der Waals surface area contributed by atoms with Crippen molar-refractivity contribution < 1.29 is 14.3 Å². The summed E-state index contributed by atoms with van der Waals surface area (Å²) in [6, 6.07) is 5.83. The quantitative estimate of drug-likeness (QED) is 0.787. The highest BCUT2D eigenvalue weighted by molar-refractivity contribution is 5.93. The van der Waals surface area contributed by atoms with Gasteiger partial charge in [-0.15, -0.1) is 12.4 Å². The van der Waals surface area contributed by atoms with E-state index >= 15 is 0 Å². The molecule has 3 N–H and O–H groups in total. The molecule has 1 fully saturated rings. The number of hydrogen-bond donors (Lipinski definition) is 2. The van der Waals surface area contributed by atoms with Gasteiger partial charge in [-0.2, -0.15) is 0 Å². The van der Waals surface area contributed by atoms with Crippen LogP contribution in [0.4, 0.5) is 5.69 Å². The largest absolute Gasteiger partial charge is 0.491 e. The van der Waals surface area contributed by atoms with Crippen molar-refractivity contribution >= 4 is 24.0 Å². The molecule has 0 bridgehead atoms. The summed E-state index contributed by atoms with van der Waals surface area (Å²) in [7, 11) is 1.64. The van der Waals surface area contributed by atoms with E-state index in [0.29, 0.717) is 13.2 Å². The summed E-state index contributed by atoms with van der Waals surface area (Å²) >= 11 is 0. The monoisotopic (exact) mass is 328 g/mol. The van der Waals surface area contributed by atoms with E-state index in [1.54, 1.807) is 7.11 Å². The maximum atomic E-state index is 12.2. The summed E-state index contributed by atoms with van der Waals surface area (Å²) in [6.07, 6.45) is 2.59. The molecule has 0 aromatic heterocycles. The summed E-state index contributed by atoms with van der Waals surface area (Å²) in [5.74, 6) is 0.890. The number of benzene rings is 1. The van der Waals surface area contributed by atoms with E-state index in [1.807, 2.05) is 25.1 Å². The molecule has 0 aliphatic heterocycles. The average Bonchev–Trinajstić information content (AvgIpc) is 2.89. The summed E-state index contributed by atoms with van der Waals surface area (Å²) in [5, 5.41) is 2.99. The molecule has 2 unspecified atom stereocenters. The molecule has 0 heterocycles. The molecule has 5 nitrogen and oxygen atoms in total. The summed E-state index contributed by atoms with van der Waals surface area (Å²) in [5.41, 5.74) is 7.68. The molecule has 2 atom stereocenters. The molecule has 22 heavy (non-hydrogen) atoms. The van der Waals surface area contributed by atoms with E-state index < -0.39 is 0 Å². The maximum Gasteiger partial charge on any atom is 0.227 e. The lowest BCUT2D eigenvalue weighted by molar-refractivity contribution is -0.119. The normalized spacial score (nSPS) is 20.3. The average molecular weight is 329 g/mol. The smallest absolute Gasteiger partial charge is 0.227 e. The van der Waals surface area contributed by atoms with Gasteiger partial charge in [0, 0.05) is 24.8 Å². The van der Waals surface area contributed by atoms with Crippen molar-refractivity contribution in [3.63, 3.8) is 0 Å². The van der Waals surface area contributed by atoms with Crippen LogP contribution < -0.4 is 15.8 Å². The number of carbonyl (C=O) groups is 1. The molecule has 0 radical (unpaired) electrons. The minimum atomic E-state index is 0. The first kappa shape index (κ1) is 18.7. The number of ether oxygens (including phenoxy) is 2. The number of amides is 1. The van der Waals surface area contributed by atoms with Gasteiger partial charge in [0.15, 0.2) is 0 Å². The van der Waals surface area contributed by atoms with E-state index in [4.69, 9.17) is 15.2 Å². The lowest BCUT2D eigenvalue weighted by Gasteiger charge is -2.14. The van der Waals surface area contributed by atoms with Crippen molar-refractivity contribution in [2.24, 2.45) is 11.7 Å². The van der Waals surface area contributed by atoms with E-state index in [9.17, 15) is 4.79 Å². The Morgan fingerprint density at radius 1 is 1.36 bits per heavy atom. The van der Waals surface area contributed by atoms with Crippen LogP contribution >= 0.6 is 12.4 Å². The van der Waals surface area contributed by atoms with Gasteiger partial charge in [-0.3, -0.25) is 4.79 Å². The molecule has 6 heteroatoms. The van der Waals surface area contributed by atoms with Gasteiger partial charge in [0.05, 0.1) is 6.61 Å². The number of carbonyl (C=O) groups excluding carboxylic acids is 1. The van der Waals surface area contributed by atoms with Crippen LogP contribution in [0.2, 0.25) is 0 Å². The second-order valence-corrected chi connectivity index (χ2v) is 5.58. The van der Waals surface area contributed by atoms with Gasteiger partial charge < -0.3 is 20.5 Å². The minimum absolute atomic E-state index is 0. The minimum Gasteiger partial charge on any atom is -0.491 e. The Kier molecular flexibility index (Phi) is 7.65. The molecular formula is C16H25ClN2O3. The van der Waals surface area contributed by atoms with E-state index in [2.05, 4.69) is 5.32 Å². The van der Waals surface area contributed by atoms with Crippen LogP contribution in [0.25, 0.3) is 0 Å². The van der Waals surface area contributed by atoms with Crippen molar-refractivity contribution in [1.82, 2.24) is 0 Å². The fourth-order valence-corrected chi connectivity index (χ4v) is 2.60. The third kappa shape index (κ3) is 5.16. The molecule has 1 aromatic rings. The SMILES string of the molecule is COCCOc1ccc(NC(=O)C2CCC(N)C2)c(C)c1.Cl. The van der Waals surface area contributed by atoms with Gasteiger partial charge >= 0.3 is 0 Å².